The number of aromatic nitrogens is 3. The second-order valence-electron chi connectivity index (χ2n) is 7.12. The summed E-state index contributed by atoms with van der Waals surface area (Å²) < 4.78 is 1.80. The van der Waals surface area contributed by atoms with E-state index < -0.39 is 0 Å². The molecule has 0 atom stereocenters. The number of rotatable bonds is 8. The number of nitrogens with zero attached hydrogens (tertiary/aromatic N) is 3. The van der Waals surface area contributed by atoms with Gasteiger partial charge in [0.2, 0.25) is 11.8 Å². The van der Waals surface area contributed by atoms with Crippen molar-refractivity contribution in [3.8, 4) is 0 Å². The monoisotopic (exact) mass is 457 g/mol. The van der Waals surface area contributed by atoms with Crippen LogP contribution in [-0.2, 0) is 23.1 Å². The van der Waals surface area contributed by atoms with Crippen molar-refractivity contribution in [2.45, 2.75) is 31.8 Å². The number of hydrogen-bond acceptors (Lipinski definition) is 5. The molecule has 0 bridgehead atoms. The minimum absolute atomic E-state index is 0.114. The van der Waals surface area contributed by atoms with Gasteiger partial charge in [0.15, 0.2) is 5.16 Å². The van der Waals surface area contributed by atoms with Crippen LogP contribution in [0.15, 0.2) is 47.6 Å². The smallest absolute Gasteiger partial charge is 0.234 e. The van der Waals surface area contributed by atoms with Crippen molar-refractivity contribution in [3.63, 3.8) is 0 Å². The van der Waals surface area contributed by atoms with Crippen LogP contribution < -0.4 is 10.6 Å². The predicted octanol–water partition coefficient (Wildman–Crippen LogP) is 4.39. The maximum absolute atomic E-state index is 12.3. The van der Waals surface area contributed by atoms with Gasteiger partial charge in [0.1, 0.15) is 5.82 Å². The number of para-hydroxylation sites is 1. The van der Waals surface area contributed by atoms with Gasteiger partial charge in [0.25, 0.3) is 0 Å². The average Bonchev–Trinajstić information content (AvgIpc) is 3.09. The van der Waals surface area contributed by atoms with E-state index in [2.05, 4.69) is 20.8 Å². The van der Waals surface area contributed by atoms with E-state index in [-0.39, 0.29) is 24.0 Å². The maximum atomic E-state index is 12.3. The van der Waals surface area contributed by atoms with Crippen molar-refractivity contribution < 1.29 is 9.59 Å². The molecule has 162 valence electrons. The number of hydrogen-bond donors (Lipinski definition) is 2. The van der Waals surface area contributed by atoms with E-state index in [0.29, 0.717) is 28.1 Å². The summed E-state index contributed by atoms with van der Waals surface area (Å²) in [5.41, 5.74) is 3.66. The fourth-order valence-electron chi connectivity index (χ4n) is 2.84. The zero-order valence-electron chi connectivity index (χ0n) is 17.6. The van der Waals surface area contributed by atoms with Crippen LogP contribution in [-0.4, -0.2) is 32.3 Å². The third-order valence-corrected chi connectivity index (χ3v) is 6.12. The summed E-state index contributed by atoms with van der Waals surface area (Å²) >= 11 is 7.36. The molecule has 0 aliphatic carbocycles. The topological polar surface area (TPSA) is 88.9 Å². The highest BCUT2D eigenvalue weighted by molar-refractivity contribution is 7.99. The van der Waals surface area contributed by atoms with Crippen molar-refractivity contribution in [2.24, 2.45) is 7.05 Å². The van der Waals surface area contributed by atoms with Crippen LogP contribution in [0.1, 0.15) is 23.4 Å². The summed E-state index contributed by atoms with van der Waals surface area (Å²) in [5, 5.41) is 15.1. The van der Waals surface area contributed by atoms with Gasteiger partial charge in [0.05, 0.1) is 16.5 Å². The SMILES string of the molecule is Cc1ccc(NC(=O)CSc2nnc(CCC(=O)Nc3ccccc3Cl)n2C)cc1C. The Morgan fingerprint density at radius 1 is 1.03 bits per heavy atom. The third kappa shape index (κ3) is 6.32. The van der Waals surface area contributed by atoms with Gasteiger partial charge in [-0.05, 0) is 49.2 Å². The molecule has 1 aromatic heterocycles. The lowest BCUT2D eigenvalue weighted by Gasteiger charge is -2.08. The number of carbonyl (C=O) groups excluding carboxylic acids is 2. The number of thioether (sulfide) groups is 1. The molecule has 0 saturated heterocycles. The molecule has 0 aliphatic rings. The van der Waals surface area contributed by atoms with Crippen molar-refractivity contribution >= 4 is 46.6 Å². The van der Waals surface area contributed by atoms with Gasteiger partial charge < -0.3 is 15.2 Å². The number of benzene rings is 2. The number of amides is 2. The Bertz CT molecular complexity index is 1100. The molecule has 1 heterocycles. The summed E-state index contributed by atoms with van der Waals surface area (Å²) in [6.45, 7) is 4.04. The van der Waals surface area contributed by atoms with Gasteiger partial charge in [0, 0.05) is 25.6 Å². The summed E-state index contributed by atoms with van der Waals surface area (Å²) in [6, 6.07) is 12.9. The van der Waals surface area contributed by atoms with Crippen LogP contribution in [0.2, 0.25) is 5.02 Å². The van der Waals surface area contributed by atoms with E-state index in [0.717, 1.165) is 11.3 Å². The molecule has 3 aromatic rings. The number of carbonyl (C=O) groups is 2. The van der Waals surface area contributed by atoms with Gasteiger partial charge in [-0.15, -0.1) is 10.2 Å². The van der Waals surface area contributed by atoms with Gasteiger partial charge in [-0.2, -0.15) is 0 Å². The number of anilines is 2. The molecule has 0 unspecified atom stereocenters. The van der Waals surface area contributed by atoms with Gasteiger partial charge in [-0.25, -0.2) is 0 Å². The summed E-state index contributed by atoms with van der Waals surface area (Å²) in [6.07, 6.45) is 0.671. The molecule has 3 rings (SSSR count). The van der Waals surface area contributed by atoms with E-state index in [1.54, 1.807) is 22.8 Å². The molecular weight excluding hydrogens is 434 g/mol. The van der Waals surface area contributed by atoms with E-state index in [9.17, 15) is 9.59 Å². The minimum atomic E-state index is -0.155. The van der Waals surface area contributed by atoms with Crippen molar-refractivity contribution in [3.05, 3.63) is 64.4 Å². The molecule has 0 spiro atoms. The normalized spacial score (nSPS) is 10.7. The second kappa shape index (κ2) is 10.5. The quantitative estimate of drug-likeness (QED) is 0.490. The van der Waals surface area contributed by atoms with Crippen LogP contribution in [0, 0.1) is 13.8 Å². The highest BCUT2D eigenvalue weighted by atomic mass is 35.5. The summed E-state index contributed by atoms with van der Waals surface area (Å²) in [4.78, 5) is 24.5. The number of nitrogens with one attached hydrogen (secondary N) is 2. The highest BCUT2D eigenvalue weighted by Gasteiger charge is 2.14. The first-order valence-corrected chi connectivity index (χ1v) is 11.1. The molecule has 2 aromatic carbocycles. The Morgan fingerprint density at radius 3 is 2.55 bits per heavy atom. The van der Waals surface area contributed by atoms with Crippen LogP contribution >= 0.6 is 23.4 Å². The summed E-state index contributed by atoms with van der Waals surface area (Å²) in [5.74, 6) is 0.618. The average molecular weight is 458 g/mol. The molecule has 9 heteroatoms. The molecule has 31 heavy (non-hydrogen) atoms. The van der Waals surface area contributed by atoms with E-state index >= 15 is 0 Å². The number of halogens is 1. The predicted molar refractivity (Wildman–Crippen MR) is 125 cm³/mol. The lowest BCUT2D eigenvalue weighted by atomic mass is 10.1. The second-order valence-corrected chi connectivity index (χ2v) is 8.47. The maximum Gasteiger partial charge on any atom is 0.234 e. The standard InChI is InChI=1S/C22H24ClN5O2S/c1-14-8-9-16(12-15(14)2)24-21(30)13-31-22-27-26-19(28(22)3)10-11-20(29)25-18-7-5-4-6-17(18)23/h4-9,12H,10-11,13H2,1-3H3,(H,24,30)(H,25,29). The lowest BCUT2D eigenvalue weighted by Crippen LogP contribution is -2.15. The first-order valence-electron chi connectivity index (χ1n) is 9.76. The van der Waals surface area contributed by atoms with Crippen LogP contribution in [0.4, 0.5) is 11.4 Å². The molecule has 0 radical (unpaired) electrons. The van der Waals surface area contributed by atoms with Crippen molar-refractivity contribution in [1.29, 1.82) is 0 Å². The molecule has 7 nitrogen and oxygen atoms in total. The minimum Gasteiger partial charge on any atom is -0.325 e. The molecule has 0 saturated carbocycles. The Hall–Kier alpha value is -2.84. The van der Waals surface area contributed by atoms with Gasteiger partial charge in [-0.3, -0.25) is 9.59 Å². The Morgan fingerprint density at radius 2 is 1.81 bits per heavy atom. The van der Waals surface area contributed by atoms with Crippen molar-refractivity contribution in [2.75, 3.05) is 16.4 Å². The van der Waals surface area contributed by atoms with Crippen LogP contribution in [0.3, 0.4) is 0 Å². The lowest BCUT2D eigenvalue weighted by molar-refractivity contribution is -0.116. The largest absolute Gasteiger partial charge is 0.325 e. The highest BCUT2D eigenvalue weighted by Crippen LogP contribution is 2.21. The van der Waals surface area contributed by atoms with Gasteiger partial charge in [-0.1, -0.05) is 41.6 Å². The van der Waals surface area contributed by atoms with Crippen LogP contribution in [0.5, 0.6) is 0 Å². The molecule has 2 N–H and O–H groups in total. The van der Waals surface area contributed by atoms with E-state index in [1.165, 1.54) is 17.3 Å². The first kappa shape index (κ1) is 22.8. The van der Waals surface area contributed by atoms with Crippen molar-refractivity contribution in [1.82, 2.24) is 14.8 Å². The Balaban J connectivity index is 1.49. The Kier molecular flexibility index (Phi) is 7.70. The molecule has 0 fully saturated rings. The summed E-state index contributed by atoms with van der Waals surface area (Å²) in [7, 11) is 1.82. The van der Waals surface area contributed by atoms with E-state index in [4.69, 9.17) is 11.6 Å². The molecule has 0 aliphatic heterocycles. The fourth-order valence-corrected chi connectivity index (χ4v) is 3.75. The van der Waals surface area contributed by atoms with Crippen LogP contribution in [0.25, 0.3) is 0 Å². The first-order chi connectivity index (χ1) is 14.8. The molecule has 2 amide bonds. The Labute approximate surface area is 190 Å². The zero-order valence-corrected chi connectivity index (χ0v) is 19.2. The zero-order chi connectivity index (χ0) is 22.4. The van der Waals surface area contributed by atoms with E-state index in [1.807, 2.05) is 45.2 Å². The fraction of sp³-hybridized carbons (Fsp3) is 0.273. The number of aryl methyl sites for hydroxylation is 3. The molecular formula is C22H24ClN5O2S. The third-order valence-electron chi connectivity index (χ3n) is 4.77. The van der Waals surface area contributed by atoms with Gasteiger partial charge >= 0.3 is 0 Å².